The van der Waals surface area contributed by atoms with E-state index in [1.807, 2.05) is 18.2 Å². The third-order valence-corrected chi connectivity index (χ3v) is 4.97. The number of amides is 2. The highest BCUT2D eigenvalue weighted by Gasteiger charge is 2.30. The van der Waals surface area contributed by atoms with E-state index in [1.165, 1.54) is 24.3 Å². The minimum absolute atomic E-state index is 0.143. The molecule has 1 atom stereocenters. The average molecular weight is 424 g/mol. The molecule has 0 spiro atoms. The van der Waals surface area contributed by atoms with E-state index in [9.17, 15) is 14.0 Å². The molecule has 9 heteroatoms. The van der Waals surface area contributed by atoms with E-state index in [4.69, 9.17) is 9.26 Å². The number of halogens is 1. The summed E-state index contributed by atoms with van der Waals surface area (Å²) in [4.78, 5) is 30.8. The van der Waals surface area contributed by atoms with Gasteiger partial charge in [0.2, 0.25) is 5.82 Å². The highest BCUT2D eigenvalue weighted by Crippen LogP contribution is 2.21. The molecule has 4 rings (SSSR count). The minimum atomic E-state index is -0.418. The number of piperidine rings is 1. The van der Waals surface area contributed by atoms with E-state index in [1.54, 1.807) is 17.0 Å². The maximum Gasteiger partial charge on any atom is 0.321 e. The first-order chi connectivity index (χ1) is 15.1. The first-order valence-electron chi connectivity index (χ1n) is 9.94. The number of rotatable bonds is 5. The van der Waals surface area contributed by atoms with Crippen LogP contribution in [0, 0.1) is 11.7 Å². The average Bonchev–Trinajstić information content (AvgIpc) is 3.28. The van der Waals surface area contributed by atoms with Crippen LogP contribution in [0.4, 0.5) is 14.9 Å². The Balaban J connectivity index is 1.29. The molecule has 2 amide bonds. The number of likely N-dealkylation sites (tertiary alicyclic amines) is 1. The zero-order valence-electron chi connectivity index (χ0n) is 16.7. The number of benzene rings is 2. The van der Waals surface area contributed by atoms with Crippen LogP contribution in [0.5, 0.6) is 0 Å². The standard InChI is InChI=1S/C22H21FN4O4/c23-17-10-8-15(9-11-17)20-25-19(26-31-20)14-30-21(28)16-5-4-12-27(13-16)22(29)24-18-6-2-1-3-7-18/h1-3,6-11,16H,4-5,12-14H2,(H,24,29). The molecule has 31 heavy (non-hydrogen) atoms. The van der Waals surface area contributed by atoms with Gasteiger partial charge in [-0.25, -0.2) is 9.18 Å². The number of carbonyl (C=O) groups excluding carboxylic acids is 2. The van der Waals surface area contributed by atoms with Gasteiger partial charge >= 0.3 is 12.0 Å². The summed E-state index contributed by atoms with van der Waals surface area (Å²) in [6.45, 7) is 0.717. The maximum atomic E-state index is 13.0. The van der Waals surface area contributed by atoms with Crippen LogP contribution in [0.25, 0.3) is 11.5 Å². The fourth-order valence-corrected chi connectivity index (χ4v) is 3.35. The van der Waals surface area contributed by atoms with Gasteiger partial charge in [0.15, 0.2) is 6.61 Å². The van der Waals surface area contributed by atoms with Gasteiger partial charge < -0.3 is 19.5 Å². The van der Waals surface area contributed by atoms with Crippen LogP contribution in [0.1, 0.15) is 18.7 Å². The van der Waals surface area contributed by atoms with Crippen LogP contribution >= 0.6 is 0 Å². The molecule has 1 aliphatic rings. The van der Waals surface area contributed by atoms with Gasteiger partial charge in [-0.2, -0.15) is 4.98 Å². The Morgan fingerprint density at radius 1 is 1.16 bits per heavy atom. The number of carbonyl (C=O) groups is 2. The largest absolute Gasteiger partial charge is 0.457 e. The number of nitrogens with zero attached hydrogens (tertiary/aromatic N) is 3. The smallest absolute Gasteiger partial charge is 0.321 e. The molecular weight excluding hydrogens is 403 g/mol. The predicted octanol–water partition coefficient (Wildman–Crippen LogP) is 3.86. The van der Waals surface area contributed by atoms with Crippen molar-refractivity contribution in [2.75, 3.05) is 18.4 Å². The van der Waals surface area contributed by atoms with E-state index >= 15 is 0 Å². The number of aromatic nitrogens is 2. The Kier molecular flexibility index (Phi) is 6.21. The van der Waals surface area contributed by atoms with Crippen LogP contribution in [-0.2, 0) is 16.1 Å². The highest BCUT2D eigenvalue weighted by atomic mass is 19.1. The Bertz CT molecular complexity index is 1040. The SMILES string of the molecule is O=C(OCc1noc(-c2ccc(F)cc2)n1)C1CCCN(C(=O)Nc2ccccc2)C1. The Hall–Kier alpha value is -3.75. The Morgan fingerprint density at radius 3 is 2.71 bits per heavy atom. The molecule has 1 aromatic heterocycles. The van der Waals surface area contributed by atoms with Crippen molar-refractivity contribution in [3.63, 3.8) is 0 Å². The lowest BCUT2D eigenvalue weighted by atomic mass is 9.98. The van der Waals surface area contributed by atoms with Crippen LogP contribution in [0.2, 0.25) is 0 Å². The molecule has 2 aromatic carbocycles. The second-order valence-corrected chi connectivity index (χ2v) is 7.21. The number of esters is 1. The minimum Gasteiger partial charge on any atom is -0.457 e. The van der Waals surface area contributed by atoms with Gasteiger partial charge in [0.05, 0.1) is 5.92 Å². The molecule has 3 aromatic rings. The predicted molar refractivity (Wildman–Crippen MR) is 109 cm³/mol. The molecule has 8 nitrogen and oxygen atoms in total. The van der Waals surface area contributed by atoms with Crippen molar-refractivity contribution in [3.8, 4) is 11.5 Å². The first kappa shape index (κ1) is 20.5. The van der Waals surface area contributed by atoms with Gasteiger partial charge in [-0.3, -0.25) is 4.79 Å². The zero-order valence-corrected chi connectivity index (χ0v) is 16.7. The highest BCUT2D eigenvalue weighted by molar-refractivity contribution is 5.89. The molecule has 1 saturated heterocycles. The number of hydrogen-bond acceptors (Lipinski definition) is 6. The molecule has 1 unspecified atom stereocenters. The molecule has 1 fully saturated rings. The number of anilines is 1. The van der Waals surface area contributed by atoms with E-state index in [0.717, 1.165) is 0 Å². The lowest BCUT2D eigenvalue weighted by Gasteiger charge is -2.31. The summed E-state index contributed by atoms with van der Waals surface area (Å²) >= 11 is 0. The zero-order chi connectivity index (χ0) is 21.6. The summed E-state index contributed by atoms with van der Waals surface area (Å²) in [5.74, 6) is -0.768. The second-order valence-electron chi connectivity index (χ2n) is 7.21. The van der Waals surface area contributed by atoms with Gasteiger partial charge in [0.25, 0.3) is 5.89 Å². The van der Waals surface area contributed by atoms with E-state index < -0.39 is 11.9 Å². The lowest BCUT2D eigenvalue weighted by molar-refractivity contribution is -0.151. The number of ether oxygens (including phenoxy) is 1. The van der Waals surface area contributed by atoms with Crippen LogP contribution in [0.3, 0.4) is 0 Å². The monoisotopic (exact) mass is 424 g/mol. The summed E-state index contributed by atoms with van der Waals surface area (Å²) in [6.07, 6.45) is 1.35. The van der Waals surface area contributed by atoms with Gasteiger partial charge in [0, 0.05) is 24.3 Å². The number of nitrogens with one attached hydrogen (secondary N) is 1. The van der Waals surface area contributed by atoms with Crippen LogP contribution < -0.4 is 5.32 Å². The van der Waals surface area contributed by atoms with E-state index in [0.29, 0.717) is 30.6 Å². The van der Waals surface area contributed by atoms with Crippen molar-refractivity contribution in [1.29, 1.82) is 0 Å². The maximum absolute atomic E-state index is 13.0. The normalized spacial score (nSPS) is 16.0. The fraction of sp³-hybridized carbons (Fsp3) is 0.273. The molecular formula is C22H21FN4O4. The molecule has 2 heterocycles. The third kappa shape index (κ3) is 5.25. The molecule has 1 N–H and O–H groups in total. The van der Waals surface area contributed by atoms with Crippen LogP contribution in [-0.4, -0.2) is 40.1 Å². The van der Waals surface area contributed by atoms with Crippen LogP contribution in [0.15, 0.2) is 59.1 Å². The van der Waals surface area contributed by atoms with Gasteiger partial charge in [-0.15, -0.1) is 0 Å². The van der Waals surface area contributed by atoms with Crippen molar-refractivity contribution in [3.05, 3.63) is 66.2 Å². The van der Waals surface area contributed by atoms with Gasteiger partial charge in [-0.1, -0.05) is 23.4 Å². The Morgan fingerprint density at radius 2 is 1.94 bits per heavy atom. The van der Waals surface area contributed by atoms with Crippen molar-refractivity contribution < 1.29 is 23.2 Å². The second kappa shape index (κ2) is 9.38. The van der Waals surface area contributed by atoms with Gasteiger partial charge in [-0.05, 0) is 49.2 Å². The lowest BCUT2D eigenvalue weighted by Crippen LogP contribution is -2.44. The molecule has 0 aliphatic carbocycles. The van der Waals surface area contributed by atoms with Gasteiger partial charge in [0.1, 0.15) is 5.82 Å². The van der Waals surface area contributed by atoms with Crippen molar-refractivity contribution in [1.82, 2.24) is 15.0 Å². The molecule has 0 radical (unpaired) electrons. The topological polar surface area (TPSA) is 97.6 Å². The Labute approximate surface area is 178 Å². The summed E-state index contributed by atoms with van der Waals surface area (Å²) in [5, 5.41) is 6.62. The first-order valence-corrected chi connectivity index (χ1v) is 9.94. The van der Waals surface area contributed by atoms with Crippen molar-refractivity contribution in [2.24, 2.45) is 5.92 Å². The number of hydrogen-bond donors (Lipinski definition) is 1. The van der Waals surface area contributed by atoms with E-state index in [-0.39, 0.29) is 36.7 Å². The van der Waals surface area contributed by atoms with E-state index in [2.05, 4.69) is 15.5 Å². The summed E-state index contributed by atoms with van der Waals surface area (Å²) in [5.41, 5.74) is 1.27. The summed E-state index contributed by atoms with van der Waals surface area (Å²) < 4.78 is 23.5. The van der Waals surface area contributed by atoms with Crippen molar-refractivity contribution >= 4 is 17.7 Å². The fourth-order valence-electron chi connectivity index (χ4n) is 3.35. The summed E-state index contributed by atoms with van der Waals surface area (Å²) in [7, 11) is 0. The quantitative estimate of drug-likeness (QED) is 0.625. The number of para-hydroxylation sites is 1. The number of urea groups is 1. The van der Waals surface area contributed by atoms with Crippen molar-refractivity contribution in [2.45, 2.75) is 19.4 Å². The summed E-state index contributed by atoms with van der Waals surface area (Å²) in [6, 6.07) is 14.5. The molecule has 0 saturated carbocycles. The molecule has 0 bridgehead atoms. The molecule has 1 aliphatic heterocycles. The third-order valence-electron chi connectivity index (χ3n) is 4.97. The molecule has 160 valence electrons.